The van der Waals surface area contributed by atoms with E-state index in [2.05, 4.69) is 0 Å². The molecular formula is C24H24F5NO5S. The first-order valence-electron chi connectivity index (χ1n) is 11.2. The van der Waals surface area contributed by atoms with Gasteiger partial charge in [-0.1, -0.05) is 30.3 Å². The van der Waals surface area contributed by atoms with Gasteiger partial charge in [-0.05, 0) is 37.5 Å². The standard InChI is InChI=1S/C24H24F5NO5S/c1-14-7-8-20(15-5-3-2-4-6-15)36(34,35)30(14)11-16-9-19(26)17(10-18(16)25)22(21(31)32)12-23(33,13-22)24(27,28)29/h2-6,9-10,14,20,33H,7-8,11-13H2,1H3,(H,31,32)/t14-,20+,22?,23?/m0/s1. The lowest BCUT2D eigenvalue weighted by atomic mass is 9.55. The van der Waals surface area contributed by atoms with Crippen LogP contribution >= 0.6 is 0 Å². The fraction of sp³-hybridized carbons (Fsp3) is 0.458. The number of hydrogen-bond donors (Lipinski definition) is 2. The van der Waals surface area contributed by atoms with E-state index in [1.807, 2.05) is 0 Å². The van der Waals surface area contributed by atoms with Gasteiger partial charge in [0.1, 0.15) is 22.3 Å². The predicted molar refractivity (Wildman–Crippen MR) is 118 cm³/mol. The minimum absolute atomic E-state index is 0.336. The number of nitrogens with zero attached hydrogens (tertiary/aromatic N) is 1. The molecule has 1 aliphatic heterocycles. The summed E-state index contributed by atoms with van der Waals surface area (Å²) in [6.07, 6.45) is -7.09. The number of alkyl halides is 3. The molecule has 196 valence electrons. The van der Waals surface area contributed by atoms with Crippen molar-refractivity contribution in [2.45, 2.75) is 67.6 Å². The van der Waals surface area contributed by atoms with E-state index in [-0.39, 0.29) is 5.56 Å². The molecule has 0 amide bonds. The molecule has 2 atom stereocenters. The summed E-state index contributed by atoms with van der Waals surface area (Å²) in [6, 6.07) is 9.03. The Morgan fingerprint density at radius 2 is 1.69 bits per heavy atom. The van der Waals surface area contributed by atoms with Gasteiger partial charge in [0.05, 0.1) is 0 Å². The molecule has 0 unspecified atom stereocenters. The van der Waals surface area contributed by atoms with Crippen molar-refractivity contribution in [3.8, 4) is 0 Å². The number of carboxylic acid groups (broad SMARTS) is 1. The van der Waals surface area contributed by atoms with Gasteiger partial charge in [-0.15, -0.1) is 0 Å². The van der Waals surface area contributed by atoms with Crippen LogP contribution in [0.1, 0.15) is 54.5 Å². The summed E-state index contributed by atoms with van der Waals surface area (Å²) in [5.41, 5.74) is -6.47. The Balaban J connectivity index is 1.66. The van der Waals surface area contributed by atoms with Gasteiger partial charge in [-0.2, -0.15) is 17.5 Å². The van der Waals surface area contributed by atoms with E-state index in [4.69, 9.17) is 0 Å². The fourth-order valence-electron chi connectivity index (χ4n) is 5.20. The van der Waals surface area contributed by atoms with E-state index in [0.29, 0.717) is 30.5 Å². The quantitative estimate of drug-likeness (QED) is 0.555. The smallest absolute Gasteiger partial charge is 0.417 e. The van der Waals surface area contributed by atoms with Crippen LogP contribution < -0.4 is 0 Å². The van der Waals surface area contributed by atoms with Gasteiger partial charge < -0.3 is 10.2 Å². The topological polar surface area (TPSA) is 94.9 Å². The van der Waals surface area contributed by atoms with Crippen LogP contribution in [0.4, 0.5) is 22.0 Å². The normalized spacial score (nSPS) is 30.5. The molecule has 1 heterocycles. The number of benzene rings is 2. The highest BCUT2D eigenvalue weighted by Gasteiger charge is 2.71. The van der Waals surface area contributed by atoms with Crippen LogP contribution in [0.2, 0.25) is 0 Å². The van der Waals surface area contributed by atoms with Crippen molar-refractivity contribution < 1.29 is 45.4 Å². The molecule has 1 aliphatic carbocycles. The van der Waals surface area contributed by atoms with E-state index in [1.165, 1.54) is 0 Å². The van der Waals surface area contributed by atoms with Gasteiger partial charge >= 0.3 is 12.1 Å². The number of sulfonamides is 1. The van der Waals surface area contributed by atoms with Gasteiger partial charge in [0, 0.05) is 36.6 Å². The maximum atomic E-state index is 15.1. The molecule has 0 aromatic heterocycles. The summed E-state index contributed by atoms with van der Waals surface area (Å²) in [5.74, 6) is -4.28. The highest BCUT2D eigenvalue weighted by atomic mass is 32.2. The van der Waals surface area contributed by atoms with E-state index in [1.54, 1.807) is 37.3 Å². The molecule has 0 radical (unpaired) electrons. The van der Waals surface area contributed by atoms with Gasteiger partial charge in [-0.3, -0.25) is 4.79 Å². The second kappa shape index (κ2) is 8.77. The Morgan fingerprint density at radius 1 is 1.08 bits per heavy atom. The summed E-state index contributed by atoms with van der Waals surface area (Å²) >= 11 is 0. The summed E-state index contributed by atoms with van der Waals surface area (Å²) in [5, 5.41) is 18.4. The molecule has 2 aromatic rings. The Morgan fingerprint density at radius 3 is 2.25 bits per heavy atom. The van der Waals surface area contributed by atoms with E-state index in [9.17, 15) is 36.6 Å². The number of aliphatic hydroxyl groups is 1. The molecule has 6 nitrogen and oxygen atoms in total. The van der Waals surface area contributed by atoms with E-state index in [0.717, 1.165) is 4.31 Å². The van der Waals surface area contributed by atoms with Crippen LogP contribution in [0.5, 0.6) is 0 Å². The third kappa shape index (κ3) is 4.18. The van der Waals surface area contributed by atoms with Gasteiger partial charge in [0.25, 0.3) is 0 Å². The Hall–Kier alpha value is -2.57. The van der Waals surface area contributed by atoms with Crippen LogP contribution in [-0.2, 0) is 26.8 Å². The molecule has 1 saturated heterocycles. The first-order chi connectivity index (χ1) is 16.6. The predicted octanol–water partition coefficient (Wildman–Crippen LogP) is 4.43. The summed E-state index contributed by atoms with van der Waals surface area (Å²) < 4.78 is 97.3. The zero-order valence-corrected chi connectivity index (χ0v) is 19.9. The monoisotopic (exact) mass is 533 g/mol. The molecule has 2 aromatic carbocycles. The van der Waals surface area contributed by atoms with Crippen LogP contribution in [-0.4, -0.2) is 46.7 Å². The van der Waals surface area contributed by atoms with E-state index < -0.39 is 81.1 Å². The SMILES string of the molecule is C[C@H]1CC[C@H](c2ccccc2)S(=O)(=O)N1Cc1cc(F)c(C2(C(=O)O)CC(O)(C(F)(F)F)C2)cc1F. The number of aliphatic carboxylic acids is 1. The second-order valence-corrected chi connectivity index (χ2v) is 11.7. The lowest BCUT2D eigenvalue weighted by molar-refractivity contribution is -0.302. The molecule has 1 saturated carbocycles. The molecule has 36 heavy (non-hydrogen) atoms. The average Bonchev–Trinajstić information content (AvgIpc) is 2.75. The van der Waals surface area contributed by atoms with Crippen molar-refractivity contribution in [2.75, 3.05) is 0 Å². The third-order valence-electron chi connectivity index (χ3n) is 7.30. The van der Waals surface area contributed by atoms with Crippen molar-refractivity contribution in [3.63, 3.8) is 0 Å². The summed E-state index contributed by atoms with van der Waals surface area (Å²) in [7, 11) is -3.98. The molecule has 2 fully saturated rings. The maximum Gasteiger partial charge on any atom is 0.417 e. The van der Waals surface area contributed by atoms with Crippen LogP contribution in [0.15, 0.2) is 42.5 Å². The molecule has 12 heteroatoms. The zero-order chi connectivity index (χ0) is 26.7. The fourth-order valence-corrected chi connectivity index (χ4v) is 7.39. The van der Waals surface area contributed by atoms with Gasteiger partial charge in [-0.25, -0.2) is 17.2 Å². The van der Waals surface area contributed by atoms with Crippen molar-refractivity contribution in [3.05, 3.63) is 70.8 Å². The maximum absolute atomic E-state index is 15.1. The first kappa shape index (κ1) is 26.5. The molecule has 2 N–H and O–H groups in total. The number of rotatable bonds is 5. The van der Waals surface area contributed by atoms with Gasteiger partial charge in [0.15, 0.2) is 5.60 Å². The molecule has 0 spiro atoms. The molecule has 0 bridgehead atoms. The van der Waals surface area contributed by atoms with Crippen LogP contribution in [0.25, 0.3) is 0 Å². The van der Waals surface area contributed by atoms with Crippen LogP contribution in [0.3, 0.4) is 0 Å². The Bertz CT molecular complexity index is 1280. The summed E-state index contributed by atoms with van der Waals surface area (Å²) in [4.78, 5) is 11.8. The minimum atomic E-state index is -5.14. The highest BCUT2D eigenvalue weighted by Crippen LogP contribution is 2.57. The largest absolute Gasteiger partial charge is 0.481 e. The van der Waals surface area contributed by atoms with Crippen molar-refractivity contribution in [2.24, 2.45) is 0 Å². The van der Waals surface area contributed by atoms with Gasteiger partial charge in [0.2, 0.25) is 10.0 Å². The molecular weight excluding hydrogens is 509 g/mol. The Kier molecular flexibility index (Phi) is 6.46. The lowest BCUT2D eigenvalue weighted by Gasteiger charge is -2.51. The number of carbonyl (C=O) groups is 1. The van der Waals surface area contributed by atoms with Crippen molar-refractivity contribution in [1.82, 2.24) is 4.31 Å². The first-order valence-corrected chi connectivity index (χ1v) is 12.7. The Labute approximate surface area is 204 Å². The zero-order valence-electron chi connectivity index (χ0n) is 19.1. The molecule has 2 aliphatic rings. The lowest BCUT2D eigenvalue weighted by Crippen LogP contribution is -2.65. The second-order valence-electron chi connectivity index (χ2n) is 9.61. The van der Waals surface area contributed by atoms with E-state index >= 15 is 8.78 Å². The van der Waals surface area contributed by atoms with Crippen LogP contribution in [0, 0.1) is 11.6 Å². The highest BCUT2D eigenvalue weighted by molar-refractivity contribution is 7.89. The molecule has 4 rings (SSSR count). The summed E-state index contributed by atoms with van der Waals surface area (Å²) in [6.45, 7) is 1.09. The minimum Gasteiger partial charge on any atom is -0.481 e. The number of carboxylic acids is 1. The number of hydrogen-bond acceptors (Lipinski definition) is 4. The third-order valence-corrected chi connectivity index (χ3v) is 9.67. The van der Waals surface area contributed by atoms with Crippen molar-refractivity contribution in [1.29, 1.82) is 0 Å². The number of halogens is 5. The average molecular weight is 534 g/mol. The van der Waals surface area contributed by atoms with Crippen molar-refractivity contribution >= 4 is 16.0 Å².